The lowest BCUT2D eigenvalue weighted by Crippen LogP contribution is -2.21. The molecule has 0 aromatic heterocycles. The van der Waals surface area contributed by atoms with Crippen LogP contribution >= 0.6 is 0 Å². The topological polar surface area (TPSA) is 52.3 Å². The van der Waals surface area contributed by atoms with Crippen LogP contribution in [-0.4, -0.2) is 25.5 Å². The van der Waals surface area contributed by atoms with Gasteiger partial charge in [0.1, 0.15) is 6.61 Å². The average Bonchev–Trinajstić information content (AvgIpc) is 2.36. The number of allylic oxidation sites excluding steroid dienone is 1. The third-order valence-corrected chi connectivity index (χ3v) is 1.82. The highest BCUT2D eigenvalue weighted by molar-refractivity contribution is 5.84. The van der Waals surface area contributed by atoms with Crippen molar-refractivity contribution >= 4 is 5.78 Å². The molecule has 0 bridgehead atoms. The van der Waals surface area contributed by atoms with Crippen molar-refractivity contribution in [2.45, 2.75) is 12.5 Å². The smallest absolute Gasteiger partial charge is 0.165 e. The van der Waals surface area contributed by atoms with E-state index in [0.717, 1.165) is 6.42 Å². The van der Waals surface area contributed by atoms with Gasteiger partial charge in [0.15, 0.2) is 5.78 Å². The molecule has 0 radical (unpaired) electrons. The highest BCUT2D eigenvalue weighted by Gasteiger charge is 2.21. The van der Waals surface area contributed by atoms with Crippen LogP contribution in [0.4, 0.5) is 0 Å². The van der Waals surface area contributed by atoms with E-state index in [0.29, 0.717) is 0 Å². The van der Waals surface area contributed by atoms with Gasteiger partial charge in [0.05, 0.1) is 0 Å². The van der Waals surface area contributed by atoms with Gasteiger partial charge in [-0.2, -0.15) is 0 Å². The van der Waals surface area contributed by atoms with Gasteiger partial charge in [-0.1, -0.05) is 12.2 Å². The van der Waals surface area contributed by atoms with Crippen molar-refractivity contribution in [1.29, 1.82) is 0 Å². The standard InChI is InChI=1S/C8H13NO2/c1-11-5-8(10)6-2-3-7(9)4-6/h2-3,6-7H,4-5,9H2,1H3. The van der Waals surface area contributed by atoms with E-state index in [1.54, 1.807) is 0 Å². The lowest BCUT2D eigenvalue weighted by atomic mass is 10.0. The molecule has 0 heterocycles. The van der Waals surface area contributed by atoms with Crippen LogP contribution in [0, 0.1) is 5.92 Å². The Kier molecular flexibility index (Phi) is 2.79. The van der Waals surface area contributed by atoms with Gasteiger partial charge in [0.2, 0.25) is 0 Å². The van der Waals surface area contributed by atoms with Gasteiger partial charge in [0.25, 0.3) is 0 Å². The molecule has 0 saturated carbocycles. The Hall–Kier alpha value is -0.670. The maximum absolute atomic E-state index is 11.2. The monoisotopic (exact) mass is 155 g/mol. The summed E-state index contributed by atoms with van der Waals surface area (Å²) in [5, 5.41) is 0. The van der Waals surface area contributed by atoms with E-state index in [1.165, 1.54) is 7.11 Å². The second-order valence-electron chi connectivity index (χ2n) is 2.79. The van der Waals surface area contributed by atoms with Gasteiger partial charge in [-0.15, -0.1) is 0 Å². The van der Waals surface area contributed by atoms with E-state index < -0.39 is 0 Å². The molecule has 1 aliphatic rings. The van der Waals surface area contributed by atoms with Crippen molar-refractivity contribution in [2.75, 3.05) is 13.7 Å². The van der Waals surface area contributed by atoms with Crippen LogP contribution in [0.15, 0.2) is 12.2 Å². The zero-order valence-corrected chi connectivity index (χ0v) is 6.62. The van der Waals surface area contributed by atoms with Crippen molar-refractivity contribution < 1.29 is 9.53 Å². The molecule has 0 saturated heterocycles. The van der Waals surface area contributed by atoms with Crippen LogP contribution in [0.3, 0.4) is 0 Å². The molecular weight excluding hydrogens is 142 g/mol. The number of ketones is 1. The number of ether oxygens (including phenoxy) is 1. The van der Waals surface area contributed by atoms with Gasteiger partial charge in [-0.3, -0.25) is 4.79 Å². The lowest BCUT2D eigenvalue weighted by molar-refractivity contribution is -0.125. The Bertz CT molecular complexity index is 177. The van der Waals surface area contributed by atoms with E-state index in [4.69, 9.17) is 10.5 Å². The first-order valence-corrected chi connectivity index (χ1v) is 3.69. The number of nitrogens with two attached hydrogens (primary N) is 1. The number of Topliss-reactive ketones (excluding diaryl/α,β-unsaturated/α-hetero) is 1. The Balaban J connectivity index is 2.38. The van der Waals surface area contributed by atoms with Crippen molar-refractivity contribution in [1.82, 2.24) is 0 Å². The second-order valence-corrected chi connectivity index (χ2v) is 2.79. The number of hydrogen-bond donors (Lipinski definition) is 1. The molecule has 0 spiro atoms. The van der Waals surface area contributed by atoms with Crippen LogP contribution in [0.25, 0.3) is 0 Å². The molecule has 1 aliphatic carbocycles. The Morgan fingerprint density at radius 2 is 2.45 bits per heavy atom. The summed E-state index contributed by atoms with van der Waals surface area (Å²) in [5.41, 5.74) is 5.58. The lowest BCUT2D eigenvalue weighted by Gasteiger charge is -2.06. The molecule has 2 atom stereocenters. The van der Waals surface area contributed by atoms with Crippen LogP contribution < -0.4 is 5.73 Å². The molecule has 1 rings (SSSR count). The van der Waals surface area contributed by atoms with E-state index >= 15 is 0 Å². The molecule has 3 nitrogen and oxygen atoms in total. The van der Waals surface area contributed by atoms with Crippen molar-refractivity contribution in [3.05, 3.63) is 12.2 Å². The predicted molar refractivity (Wildman–Crippen MR) is 42.1 cm³/mol. The first-order chi connectivity index (χ1) is 5.24. The Morgan fingerprint density at radius 1 is 1.73 bits per heavy atom. The number of rotatable bonds is 3. The number of methoxy groups -OCH3 is 1. The van der Waals surface area contributed by atoms with E-state index in [2.05, 4.69) is 0 Å². The van der Waals surface area contributed by atoms with Crippen LogP contribution in [0.1, 0.15) is 6.42 Å². The molecule has 2 N–H and O–H groups in total. The molecule has 0 fully saturated rings. The first-order valence-electron chi connectivity index (χ1n) is 3.69. The fraction of sp³-hybridized carbons (Fsp3) is 0.625. The minimum atomic E-state index is -0.00931. The summed E-state index contributed by atoms with van der Waals surface area (Å²) in [6.07, 6.45) is 4.48. The number of carbonyl (C=O) groups is 1. The van der Waals surface area contributed by atoms with Crippen LogP contribution in [0.5, 0.6) is 0 Å². The average molecular weight is 155 g/mol. The molecule has 0 amide bonds. The zero-order chi connectivity index (χ0) is 8.27. The van der Waals surface area contributed by atoms with Crippen LogP contribution in [0.2, 0.25) is 0 Å². The SMILES string of the molecule is COCC(=O)C1C=CC(N)C1. The summed E-state index contributed by atoms with van der Waals surface area (Å²) in [7, 11) is 1.52. The molecule has 2 unspecified atom stereocenters. The summed E-state index contributed by atoms with van der Waals surface area (Å²) >= 11 is 0. The normalized spacial score (nSPS) is 29.3. The summed E-state index contributed by atoms with van der Waals surface area (Å²) in [4.78, 5) is 11.2. The molecule has 3 heteroatoms. The van der Waals surface area contributed by atoms with Gasteiger partial charge in [-0.25, -0.2) is 0 Å². The largest absolute Gasteiger partial charge is 0.377 e. The fourth-order valence-electron chi connectivity index (χ4n) is 1.22. The van der Waals surface area contributed by atoms with Crippen molar-refractivity contribution in [3.8, 4) is 0 Å². The summed E-state index contributed by atoms with van der Waals surface area (Å²) < 4.78 is 4.73. The van der Waals surface area contributed by atoms with E-state index in [-0.39, 0.29) is 24.3 Å². The third-order valence-electron chi connectivity index (χ3n) is 1.82. The second kappa shape index (κ2) is 3.64. The molecule has 0 aliphatic heterocycles. The minimum Gasteiger partial charge on any atom is -0.377 e. The maximum atomic E-state index is 11.2. The van der Waals surface area contributed by atoms with Gasteiger partial charge in [0, 0.05) is 19.1 Å². The van der Waals surface area contributed by atoms with Crippen molar-refractivity contribution in [2.24, 2.45) is 11.7 Å². The minimum absolute atomic E-state index is 0.00931. The summed E-state index contributed by atoms with van der Waals surface area (Å²) in [6.45, 7) is 0.196. The first kappa shape index (κ1) is 8.43. The third kappa shape index (κ3) is 2.13. The van der Waals surface area contributed by atoms with E-state index in [9.17, 15) is 4.79 Å². The van der Waals surface area contributed by atoms with Gasteiger partial charge >= 0.3 is 0 Å². The summed E-state index contributed by atoms with van der Waals surface area (Å²) in [5.74, 6) is 0.113. The number of hydrogen-bond acceptors (Lipinski definition) is 3. The van der Waals surface area contributed by atoms with Crippen molar-refractivity contribution in [3.63, 3.8) is 0 Å². The molecule has 11 heavy (non-hydrogen) atoms. The highest BCUT2D eigenvalue weighted by Crippen LogP contribution is 2.16. The Morgan fingerprint density at radius 3 is 2.91 bits per heavy atom. The molecule has 62 valence electrons. The summed E-state index contributed by atoms with van der Waals surface area (Å²) in [6, 6.07) is 0.0563. The van der Waals surface area contributed by atoms with Gasteiger partial charge in [-0.05, 0) is 6.42 Å². The highest BCUT2D eigenvalue weighted by atomic mass is 16.5. The molecular formula is C8H13NO2. The molecule has 0 aromatic carbocycles. The number of carbonyl (C=O) groups excluding carboxylic acids is 1. The molecule has 0 aromatic rings. The Labute approximate surface area is 66.2 Å². The predicted octanol–water partition coefficient (Wildman–Crippen LogP) is 0.105. The van der Waals surface area contributed by atoms with Crippen LogP contribution in [-0.2, 0) is 9.53 Å². The zero-order valence-electron chi connectivity index (χ0n) is 6.62. The fourth-order valence-corrected chi connectivity index (χ4v) is 1.22. The quantitative estimate of drug-likeness (QED) is 0.588. The maximum Gasteiger partial charge on any atom is 0.165 e. The van der Waals surface area contributed by atoms with E-state index in [1.807, 2.05) is 12.2 Å². The van der Waals surface area contributed by atoms with Gasteiger partial charge < -0.3 is 10.5 Å².